The third kappa shape index (κ3) is 6.61. The molecule has 0 amide bonds. The Morgan fingerprint density at radius 1 is 0.800 bits per heavy atom. The molecular formula is C20H28Cl2N2O. The van der Waals surface area contributed by atoms with Gasteiger partial charge in [-0.25, -0.2) is 0 Å². The third-order valence-corrected chi connectivity index (χ3v) is 4.79. The molecule has 0 saturated heterocycles. The lowest BCUT2D eigenvalue weighted by molar-refractivity contribution is 0.0678. The summed E-state index contributed by atoms with van der Waals surface area (Å²) in [5.41, 5.74) is 2.48. The molecule has 25 heavy (non-hydrogen) atoms. The molecule has 1 N–H and O–H groups in total. The van der Waals surface area contributed by atoms with Crippen LogP contribution in [-0.2, 0) is 13.1 Å². The van der Waals surface area contributed by atoms with Crippen molar-refractivity contribution in [3.05, 3.63) is 71.8 Å². The second-order valence-electron chi connectivity index (χ2n) is 6.27. The van der Waals surface area contributed by atoms with Gasteiger partial charge in [-0.3, -0.25) is 9.80 Å². The highest BCUT2D eigenvalue weighted by molar-refractivity contribution is 6.18. The number of hydrogen-bond acceptors (Lipinski definition) is 3. The van der Waals surface area contributed by atoms with Crippen LogP contribution in [0.2, 0.25) is 0 Å². The van der Waals surface area contributed by atoms with Gasteiger partial charge in [-0.2, -0.15) is 0 Å². The molecule has 2 atom stereocenters. The molecule has 0 saturated carbocycles. The molecule has 0 radical (unpaired) electrons. The summed E-state index contributed by atoms with van der Waals surface area (Å²) in [6.07, 6.45) is 0. The number of halogens is 2. The zero-order chi connectivity index (χ0) is 17.4. The van der Waals surface area contributed by atoms with Crippen molar-refractivity contribution >= 4 is 24.0 Å². The maximum Gasteiger partial charge on any atom is 0.0602 e. The van der Waals surface area contributed by atoms with Crippen molar-refractivity contribution < 1.29 is 5.11 Å². The maximum absolute atomic E-state index is 9.96. The monoisotopic (exact) mass is 382 g/mol. The van der Waals surface area contributed by atoms with E-state index in [4.69, 9.17) is 11.6 Å². The molecule has 2 unspecified atom stereocenters. The summed E-state index contributed by atoms with van der Waals surface area (Å²) in [5.74, 6) is 0.480. The molecule has 0 bridgehead atoms. The van der Waals surface area contributed by atoms with Crippen molar-refractivity contribution in [2.45, 2.75) is 25.2 Å². The van der Waals surface area contributed by atoms with Gasteiger partial charge >= 0.3 is 0 Å². The number of aliphatic hydroxyl groups excluding tert-OH is 1. The van der Waals surface area contributed by atoms with Crippen molar-refractivity contribution in [1.29, 1.82) is 0 Å². The summed E-state index contributed by atoms with van der Waals surface area (Å²) < 4.78 is 0. The lowest BCUT2D eigenvalue weighted by Gasteiger charge is -2.37. The van der Waals surface area contributed by atoms with Crippen molar-refractivity contribution in [2.75, 3.05) is 26.6 Å². The summed E-state index contributed by atoms with van der Waals surface area (Å²) in [6, 6.07) is 20.7. The average Bonchev–Trinajstić information content (AvgIpc) is 2.61. The number of nitrogens with zero attached hydrogens (tertiary/aromatic N) is 2. The van der Waals surface area contributed by atoms with E-state index in [1.54, 1.807) is 0 Å². The van der Waals surface area contributed by atoms with Gasteiger partial charge in [-0.05, 0) is 25.2 Å². The fourth-order valence-electron chi connectivity index (χ4n) is 3.05. The van der Waals surface area contributed by atoms with Crippen LogP contribution in [0.25, 0.3) is 0 Å². The summed E-state index contributed by atoms with van der Waals surface area (Å²) in [4.78, 5) is 4.41. The summed E-state index contributed by atoms with van der Waals surface area (Å²) in [7, 11) is 4.11. The summed E-state index contributed by atoms with van der Waals surface area (Å²) in [6.45, 7) is 1.69. The highest BCUT2D eigenvalue weighted by Crippen LogP contribution is 2.16. The molecule has 0 aliphatic carbocycles. The molecular weight excluding hydrogens is 355 g/mol. The van der Waals surface area contributed by atoms with Gasteiger partial charge in [0, 0.05) is 31.1 Å². The predicted molar refractivity (Wildman–Crippen MR) is 108 cm³/mol. The Balaban J connectivity index is 0.00000312. The van der Waals surface area contributed by atoms with Gasteiger partial charge < -0.3 is 5.11 Å². The number of rotatable bonds is 9. The molecule has 0 aliphatic rings. The van der Waals surface area contributed by atoms with Crippen LogP contribution < -0.4 is 0 Å². The first-order chi connectivity index (χ1) is 11.7. The predicted octanol–water partition coefficient (Wildman–Crippen LogP) is 3.64. The van der Waals surface area contributed by atoms with Crippen LogP contribution in [0.1, 0.15) is 11.1 Å². The number of likely N-dealkylation sites (N-methyl/N-ethyl adjacent to an activating group) is 2. The van der Waals surface area contributed by atoms with Crippen LogP contribution in [0.5, 0.6) is 0 Å². The van der Waals surface area contributed by atoms with E-state index < -0.39 is 0 Å². The van der Waals surface area contributed by atoms with Crippen molar-refractivity contribution in [3.63, 3.8) is 0 Å². The second-order valence-corrected chi connectivity index (χ2v) is 6.58. The zero-order valence-corrected chi connectivity index (χ0v) is 16.5. The number of alkyl halides is 1. The van der Waals surface area contributed by atoms with Crippen LogP contribution >= 0.6 is 24.0 Å². The quantitative estimate of drug-likeness (QED) is 0.670. The van der Waals surface area contributed by atoms with E-state index in [2.05, 4.69) is 41.1 Å². The van der Waals surface area contributed by atoms with Crippen LogP contribution in [0.4, 0.5) is 0 Å². The number of benzene rings is 2. The van der Waals surface area contributed by atoms with Crippen LogP contribution in [0.3, 0.4) is 0 Å². The Morgan fingerprint density at radius 3 is 1.56 bits per heavy atom. The fourth-order valence-corrected chi connectivity index (χ4v) is 3.49. The largest absolute Gasteiger partial charge is 0.395 e. The average molecular weight is 383 g/mol. The Bertz CT molecular complexity index is 529. The second kappa shape index (κ2) is 11.5. The molecule has 2 aromatic carbocycles. The summed E-state index contributed by atoms with van der Waals surface area (Å²) in [5, 5.41) is 9.96. The normalized spacial score (nSPS) is 13.5. The first-order valence-electron chi connectivity index (χ1n) is 8.31. The van der Waals surface area contributed by atoms with E-state index in [1.165, 1.54) is 11.1 Å². The minimum atomic E-state index is -0.0172. The maximum atomic E-state index is 9.96. The van der Waals surface area contributed by atoms with E-state index in [0.717, 1.165) is 13.1 Å². The van der Waals surface area contributed by atoms with Gasteiger partial charge in [0.15, 0.2) is 0 Å². The minimum Gasteiger partial charge on any atom is -0.395 e. The van der Waals surface area contributed by atoms with Gasteiger partial charge in [-0.1, -0.05) is 60.7 Å². The van der Waals surface area contributed by atoms with E-state index >= 15 is 0 Å². The van der Waals surface area contributed by atoms with Gasteiger partial charge in [-0.15, -0.1) is 24.0 Å². The van der Waals surface area contributed by atoms with Gasteiger partial charge in [0.05, 0.1) is 6.61 Å². The molecule has 3 nitrogen and oxygen atoms in total. The van der Waals surface area contributed by atoms with Crippen LogP contribution in [-0.4, -0.2) is 53.6 Å². The molecule has 5 heteroatoms. The molecule has 0 aromatic heterocycles. The van der Waals surface area contributed by atoms with Crippen molar-refractivity contribution in [2.24, 2.45) is 0 Å². The SMILES string of the molecule is CN(Cc1ccccc1)C(CO)C(CCl)N(C)Cc1ccccc1.Cl. The minimum absolute atomic E-state index is 0. The highest BCUT2D eigenvalue weighted by atomic mass is 35.5. The van der Waals surface area contributed by atoms with E-state index in [9.17, 15) is 5.11 Å². The Hall–Kier alpha value is -1.10. The highest BCUT2D eigenvalue weighted by Gasteiger charge is 2.27. The molecule has 0 fully saturated rings. The molecule has 0 heterocycles. The van der Waals surface area contributed by atoms with Crippen molar-refractivity contribution in [1.82, 2.24) is 9.80 Å². The standard InChI is InChI=1S/C20H27ClN2O.ClH/c1-22(14-17-9-5-3-6-10-17)19(13-21)20(16-24)23(2)15-18-11-7-4-8-12-18;/h3-12,19-20,24H,13-16H2,1-2H3;1H. The van der Waals surface area contributed by atoms with Crippen molar-refractivity contribution in [3.8, 4) is 0 Å². The van der Waals surface area contributed by atoms with Crippen LogP contribution in [0.15, 0.2) is 60.7 Å². The lowest BCUT2D eigenvalue weighted by atomic mass is 10.1. The smallest absolute Gasteiger partial charge is 0.0602 e. The molecule has 0 spiro atoms. The molecule has 2 aromatic rings. The van der Waals surface area contributed by atoms with E-state index in [-0.39, 0.29) is 31.1 Å². The zero-order valence-electron chi connectivity index (χ0n) is 14.9. The first kappa shape index (κ1) is 21.9. The third-order valence-electron chi connectivity index (χ3n) is 4.47. The molecule has 2 rings (SSSR count). The summed E-state index contributed by atoms with van der Waals surface area (Å²) >= 11 is 6.27. The Kier molecular flexibility index (Phi) is 10.1. The fraction of sp³-hybridized carbons (Fsp3) is 0.400. The van der Waals surface area contributed by atoms with Gasteiger partial charge in [0.2, 0.25) is 0 Å². The number of hydrogen-bond donors (Lipinski definition) is 1. The van der Waals surface area contributed by atoms with E-state index in [1.807, 2.05) is 43.4 Å². The molecule has 138 valence electrons. The number of aliphatic hydroxyl groups is 1. The Labute approximate surface area is 162 Å². The van der Waals surface area contributed by atoms with E-state index in [0.29, 0.717) is 5.88 Å². The first-order valence-corrected chi connectivity index (χ1v) is 8.84. The lowest BCUT2D eigenvalue weighted by Crippen LogP contribution is -2.51. The topological polar surface area (TPSA) is 26.7 Å². The van der Waals surface area contributed by atoms with Gasteiger partial charge in [0.25, 0.3) is 0 Å². The molecule has 0 aliphatic heterocycles. The van der Waals surface area contributed by atoms with Gasteiger partial charge in [0.1, 0.15) is 0 Å². The van der Waals surface area contributed by atoms with Crippen LogP contribution in [0, 0.1) is 0 Å². The Morgan fingerprint density at radius 2 is 1.20 bits per heavy atom.